The molecular weight excluding hydrogens is 398 g/mol. The van der Waals surface area contributed by atoms with E-state index in [-0.39, 0.29) is 17.2 Å². The molecule has 1 unspecified atom stereocenters. The molecule has 1 N–H and O–H groups in total. The van der Waals surface area contributed by atoms with Gasteiger partial charge < -0.3 is 14.3 Å². The van der Waals surface area contributed by atoms with Gasteiger partial charge in [0, 0.05) is 18.2 Å². The maximum atomic E-state index is 12.6. The largest absolute Gasteiger partial charge is 0.507 e. The summed E-state index contributed by atoms with van der Waals surface area (Å²) in [5, 5.41) is 10.3. The average Bonchev–Trinajstić information content (AvgIpc) is 2.74. The van der Waals surface area contributed by atoms with Crippen LogP contribution in [0.3, 0.4) is 0 Å². The molecule has 31 heavy (non-hydrogen) atoms. The molecule has 0 saturated heterocycles. The lowest BCUT2D eigenvalue weighted by Crippen LogP contribution is -2.16. The van der Waals surface area contributed by atoms with Crippen LogP contribution in [0.4, 0.5) is 4.79 Å². The Labute approximate surface area is 183 Å². The summed E-state index contributed by atoms with van der Waals surface area (Å²) >= 11 is 0. The molecule has 1 aromatic rings. The highest BCUT2D eigenvalue weighted by atomic mass is 16.5. The van der Waals surface area contributed by atoms with E-state index in [1.807, 2.05) is 19.9 Å². The van der Waals surface area contributed by atoms with Gasteiger partial charge in [-0.25, -0.2) is 9.59 Å². The predicted molar refractivity (Wildman–Crippen MR) is 121 cm³/mol. The van der Waals surface area contributed by atoms with Gasteiger partial charge in [-0.15, -0.1) is 0 Å². The SMILES string of the molecule is CCCC/C(C)=C/C=C(\C)C(=O)c1c(O)cc(C(C)CCC/C=N/C(=O)OC)oc1=O. The standard InChI is InChI=1S/C24H33NO6/c1-6-7-10-16(2)12-13-18(4)22(27)21-19(26)15-20(31-23(21)28)17(3)11-8-9-14-25-24(29)30-5/h12-15,17,26H,6-11H2,1-5H3/b16-12+,18-13+,25-14+. The van der Waals surface area contributed by atoms with Crippen LogP contribution >= 0.6 is 0 Å². The Balaban J connectivity index is 2.86. The number of carbonyl (C=O) groups is 2. The van der Waals surface area contributed by atoms with E-state index < -0.39 is 17.5 Å². The van der Waals surface area contributed by atoms with Crippen molar-refractivity contribution in [1.82, 2.24) is 0 Å². The van der Waals surface area contributed by atoms with Crippen molar-refractivity contribution in [3.63, 3.8) is 0 Å². The molecule has 170 valence electrons. The highest BCUT2D eigenvalue weighted by Crippen LogP contribution is 2.26. The number of hydrogen-bond donors (Lipinski definition) is 1. The van der Waals surface area contributed by atoms with Crippen molar-refractivity contribution < 1.29 is 23.8 Å². The van der Waals surface area contributed by atoms with E-state index in [0.29, 0.717) is 30.6 Å². The van der Waals surface area contributed by atoms with Crippen LogP contribution in [0.1, 0.15) is 88.3 Å². The Morgan fingerprint density at radius 2 is 1.97 bits per heavy atom. The van der Waals surface area contributed by atoms with Crippen LogP contribution in [-0.4, -0.2) is 30.3 Å². The minimum Gasteiger partial charge on any atom is -0.507 e. The molecule has 1 amide bonds. The van der Waals surface area contributed by atoms with Crippen molar-refractivity contribution in [2.75, 3.05) is 7.11 Å². The van der Waals surface area contributed by atoms with Crippen LogP contribution in [0.25, 0.3) is 0 Å². The van der Waals surface area contributed by atoms with Crippen LogP contribution in [0.5, 0.6) is 5.75 Å². The zero-order valence-corrected chi connectivity index (χ0v) is 19.1. The van der Waals surface area contributed by atoms with Gasteiger partial charge in [0.2, 0.25) is 0 Å². The van der Waals surface area contributed by atoms with E-state index in [4.69, 9.17) is 4.42 Å². The first-order valence-electron chi connectivity index (χ1n) is 10.6. The van der Waals surface area contributed by atoms with E-state index in [2.05, 4.69) is 16.7 Å². The Bertz CT molecular complexity index is 907. The molecular formula is C24H33NO6. The van der Waals surface area contributed by atoms with Gasteiger partial charge in [-0.3, -0.25) is 4.79 Å². The molecule has 7 heteroatoms. The third-order valence-electron chi connectivity index (χ3n) is 4.90. The molecule has 0 aromatic carbocycles. The Hall–Kier alpha value is -2.96. The number of rotatable bonds is 11. The fourth-order valence-corrected chi connectivity index (χ4v) is 2.88. The van der Waals surface area contributed by atoms with Crippen LogP contribution in [-0.2, 0) is 4.74 Å². The first-order valence-corrected chi connectivity index (χ1v) is 10.6. The van der Waals surface area contributed by atoms with Crippen LogP contribution in [0, 0.1) is 0 Å². The average molecular weight is 432 g/mol. The number of amides is 1. The lowest BCUT2D eigenvalue weighted by molar-refractivity contribution is 0.102. The second kappa shape index (κ2) is 13.4. The van der Waals surface area contributed by atoms with Crippen molar-refractivity contribution >= 4 is 18.1 Å². The molecule has 0 bridgehead atoms. The number of ether oxygens (including phenoxy) is 1. The fraction of sp³-hybridized carbons (Fsp3) is 0.500. The molecule has 0 fully saturated rings. The lowest BCUT2D eigenvalue weighted by atomic mass is 9.99. The molecule has 0 aliphatic heterocycles. The molecule has 0 aliphatic rings. The van der Waals surface area contributed by atoms with Crippen molar-refractivity contribution in [2.45, 2.75) is 72.1 Å². The molecule has 0 saturated carbocycles. The van der Waals surface area contributed by atoms with E-state index >= 15 is 0 Å². The lowest BCUT2D eigenvalue weighted by Gasteiger charge is -2.11. The number of allylic oxidation sites excluding steroid dienone is 4. The van der Waals surface area contributed by atoms with Gasteiger partial charge in [-0.05, 0) is 51.5 Å². The normalized spacial score (nSPS) is 13.5. The fourth-order valence-electron chi connectivity index (χ4n) is 2.88. The summed E-state index contributed by atoms with van der Waals surface area (Å²) < 4.78 is 9.74. The highest BCUT2D eigenvalue weighted by Gasteiger charge is 2.21. The maximum absolute atomic E-state index is 12.6. The number of hydrogen-bond acceptors (Lipinski definition) is 6. The molecule has 1 rings (SSSR count). The minimum absolute atomic E-state index is 0.157. The number of nitrogens with zero attached hydrogens (tertiary/aromatic N) is 1. The van der Waals surface area contributed by atoms with Gasteiger partial charge in [0.05, 0.1) is 7.11 Å². The first-order chi connectivity index (χ1) is 14.7. The van der Waals surface area contributed by atoms with Crippen LogP contribution in [0.2, 0.25) is 0 Å². The second-order valence-corrected chi connectivity index (χ2v) is 7.61. The van der Waals surface area contributed by atoms with Crippen LogP contribution < -0.4 is 5.63 Å². The number of aliphatic imine (C=N–C) groups is 1. The van der Waals surface area contributed by atoms with E-state index in [1.165, 1.54) is 19.4 Å². The van der Waals surface area contributed by atoms with Crippen molar-refractivity contribution in [3.05, 3.63) is 51.1 Å². The minimum atomic E-state index is -0.849. The quantitative estimate of drug-likeness (QED) is 0.158. The summed E-state index contributed by atoms with van der Waals surface area (Å²) in [6.45, 7) is 7.57. The maximum Gasteiger partial charge on any atom is 0.432 e. The topological polar surface area (TPSA) is 106 Å². The molecule has 0 radical (unpaired) electrons. The smallest absolute Gasteiger partial charge is 0.432 e. The van der Waals surface area contributed by atoms with Gasteiger partial charge in [0.1, 0.15) is 17.1 Å². The van der Waals surface area contributed by atoms with Crippen molar-refractivity contribution in [3.8, 4) is 5.75 Å². The summed E-state index contributed by atoms with van der Waals surface area (Å²) in [6, 6.07) is 1.33. The van der Waals surface area contributed by atoms with Gasteiger partial charge in [0.25, 0.3) is 0 Å². The third-order valence-corrected chi connectivity index (χ3v) is 4.90. The number of carbonyl (C=O) groups excluding carboxylic acids is 2. The molecule has 1 aromatic heterocycles. The van der Waals surface area contributed by atoms with E-state index in [9.17, 15) is 19.5 Å². The van der Waals surface area contributed by atoms with Gasteiger partial charge in [0.15, 0.2) is 5.78 Å². The summed E-state index contributed by atoms with van der Waals surface area (Å²) in [5.74, 6) is -0.783. The van der Waals surface area contributed by atoms with E-state index in [1.54, 1.807) is 13.0 Å². The zero-order chi connectivity index (χ0) is 23.4. The second-order valence-electron chi connectivity index (χ2n) is 7.61. The number of aromatic hydroxyl groups is 1. The Morgan fingerprint density at radius 3 is 2.58 bits per heavy atom. The van der Waals surface area contributed by atoms with Crippen molar-refractivity contribution in [1.29, 1.82) is 0 Å². The summed E-state index contributed by atoms with van der Waals surface area (Å²) in [5.41, 5.74) is 0.295. The zero-order valence-electron chi connectivity index (χ0n) is 19.1. The van der Waals surface area contributed by atoms with Gasteiger partial charge in [-0.2, -0.15) is 4.99 Å². The third kappa shape index (κ3) is 8.74. The number of unbranched alkanes of at least 4 members (excludes halogenated alkanes) is 2. The highest BCUT2D eigenvalue weighted by molar-refractivity contribution is 6.09. The Kier molecular flexibility index (Phi) is 11.2. The number of ketones is 1. The monoisotopic (exact) mass is 431 g/mol. The summed E-state index contributed by atoms with van der Waals surface area (Å²) in [6.07, 6.45) is 9.35. The Morgan fingerprint density at radius 1 is 1.26 bits per heavy atom. The first kappa shape index (κ1) is 26.1. The molecule has 0 spiro atoms. The van der Waals surface area contributed by atoms with Gasteiger partial charge in [-0.1, -0.05) is 38.0 Å². The molecule has 7 nitrogen and oxygen atoms in total. The summed E-state index contributed by atoms with van der Waals surface area (Å²) in [4.78, 5) is 39.6. The molecule has 1 heterocycles. The van der Waals surface area contributed by atoms with E-state index in [0.717, 1.165) is 24.8 Å². The number of Topliss-reactive ketones (excluding diaryl/α,β-unsaturated/α-hetero) is 1. The van der Waals surface area contributed by atoms with Crippen molar-refractivity contribution in [2.24, 2.45) is 4.99 Å². The van der Waals surface area contributed by atoms with Gasteiger partial charge >= 0.3 is 11.7 Å². The van der Waals surface area contributed by atoms with Crippen LogP contribution in [0.15, 0.2) is 43.6 Å². The number of methoxy groups -OCH3 is 1. The predicted octanol–water partition coefficient (Wildman–Crippen LogP) is 5.72. The summed E-state index contributed by atoms with van der Waals surface area (Å²) in [7, 11) is 1.26. The molecule has 0 aliphatic carbocycles. The molecule has 1 atom stereocenters.